The molecule has 0 bridgehead atoms. The molecule has 1 aliphatic rings. The van der Waals surface area contributed by atoms with Crippen LogP contribution in [0.2, 0.25) is 0 Å². The van der Waals surface area contributed by atoms with Gasteiger partial charge in [-0.25, -0.2) is 4.79 Å². The molecular formula is C19H27N3O3. The molecule has 2 aromatic rings. The second-order valence-electron chi connectivity index (χ2n) is 7.37. The third-order valence-corrected chi connectivity index (χ3v) is 5.07. The van der Waals surface area contributed by atoms with Gasteiger partial charge in [-0.05, 0) is 51.9 Å². The van der Waals surface area contributed by atoms with E-state index in [2.05, 4.69) is 24.1 Å². The molecule has 2 heterocycles. The molecule has 1 amide bonds. The van der Waals surface area contributed by atoms with Gasteiger partial charge in [-0.1, -0.05) is 18.6 Å². The minimum atomic E-state index is -0.414. The number of hydrogen-bond acceptors (Lipinski definition) is 4. The van der Waals surface area contributed by atoms with Crippen molar-refractivity contribution in [1.82, 2.24) is 14.8 Å². The first kappa shape index (κ1) is 17.7. The molecule has 0 unspecified atom stereocenters. The van der Waals surface area contributed by atoms with Crippen LogP contribution in [0.4, 0.5) is 0 Å². The largest absolute Gasteiger partial charge is 0.419 e. The Labute approximate surface area is 147 Å². The van der Waals surface area contributed by atoms with Gasteiger partial charge in [0.25, 0.3) is 0 Å². The van der Waals surface area contributed by atoms with Crippen LogP contribution in [0.3, 0.4) is 0 Å². The molecule has 1 saturated heterocycles. The van der Waals surface area contributed by atoms with Gasteiger partial charge in [-0.15, -0.1) is 0 Å². The van der Waals surface area contributed by atoms with Crippen molar-refractivity contribution in [1.29, 1.82) is 0 Å². The summed E-state index contributed by atoms with van der Waals surface area (Å²) in [6, 6.07) is 7.27. The number of fused-ring (bicyclic) bond motifs is 1. The Bertz CT molecular complexity index is 785. The number of nitrogens with one attached hydrogen (secondary N) is 1. The summed E-state index contributed by atoms with van der Waals surface area (Å²) < 4.78 is 6.71. The van der Waals surface area contributed by atoms with Gasteiger partial charge in [0.05, 0.1) is 5.52 Å². The Kier molecular flexibility index (Phi) is 5.27. The van der Waals surface area contributed by atoms with E-state index in [0.29, 0.717) is 18.7 Å². The Morgan fingerprint density at radius 1 is 1.20 bits per heavy atom. The summed E-state index contributed by atoms with van der Waals surface area (Å²) in [4.78, 5) is 26.6. The lowest BCUT2D eigenvalue weighted by Crippen LogP contribution is -2.53. The molecule has 0 saturated carbocycles. The zero-order valence-corrected chi connectivity index (χ0v) is 15.1. The van der Waals surface area contributed by atoms with Crippen LogP contribution in [0.1, 0.15) is 39.5 Å². The summed E-state index contributed by atoms with van der Waals surface area (Å²) in [7, 11) is 0. The molecule has 0 radical (unpaired) electrons. The van der Waals surface area contributed by atoms with Crippen LogP contribution < -0.4 is 11.1 Å². The monoisotopic (exact) mass is 345 g/mol. The summed E-state index contributed by atoms with van der Waals surface area (Å²) in [6.45, 7) is 7.48. The maximum Gasteiger partial charge on any atom is 0.419 e. The second-order valence-corrected chi connectivity index (χ2v) is 7.37. The van der Waals surface area contributed by atoms with Crippen molar-refractivity contribution in [3.63, 3.8) is 0 Å². The highest BCUT2D eigenvalue weighted by Crippen LogP contribution is 2.19. The normalized spacial score (nSPS) is 16.2. The molecule has 3 rings (SSSR count). The molecule has 0 spiro atoms. The van der Waals surface area contributed by atoms with Crippen LogP contribution in [0.5, 0.6) is 0 Å². The molecule has 25 heavy (non-hydrogen) atoms. The molecule has 1 aromatic heterocycles. The summed E-state index contributed by atoms with van der Waals surface area (Å²) >= 11 is 0. The highest BCUT2D eigenvalue weighted by atomic mass is 16.4. The first-order chi connectivity index (χ1) is 12.0. The quantitative estimate of drug-likeness (QED) is 0.873. The number of aromatic nitrogens is 1. The fourth-order valence-electron chi connectivity index (χ4n) is 3.45. The van der Waals surface area contributed by atoms with Gasteiger partial charge in [0, 0.05) is 25.0 Å². The van der Waals surface area contributed by atoms with Gasteiger partial charge < -0.3 is 9.73 Å². The number of likely N-dealkylation sites (tertiary alicyclic amines) is 1. The number of nitrogens with zero attached hydrogens (tertiary/aromatic N) is 2. The van der Waals surface area contributed by atoms with Crippen molar-refractivity contribution in [2.24, 2.45) is 0 Å². The molecule has 1 N–H and O–H groups in total. The topological polar surface area (TPSA) is 67.5 Å². The highest BCUT2D eigenvalue weighted by Gasteiger charge is 2.28. The van der Waals surface area contributed by atoms with Crippen molar-refractivity contribution in [2.75, 3.05) is 19.6 Å². The first-order valence-corrected chi connectivity index (χ1v) is 9.07. The number of benzene rings is 1. The van der Waals surface area contributed by atoms with E-state index in [-0.39, 0.29) is 17.9 Å². The van der Waals surface area contributed by atoms with Crippen LogP contribution in [-0.2, 0) is 11.3 Å². The van der Waals surface area contributed by atoms with Crippen molar-refractivity contribution in [2.45, 2.75) is 51.6 Å². The lowest BCUT2D eigenvalue weighted by molar-refractivity contribution is -0.121. The number of amides is 1. The van der Waals surface area contributed by atoms with Gasteiger partial charge >= 0.3 is 5.76 Å². The summed E-state index contributed by atoms with van der Waals surface area (Å²) in [5.74, 6) is -0.454. The van der Waals surface area contributed by atoms with Gasteiger partial charge in [-0.3, -0.25) is 14.3 Å². The molecule has 1 aromatic carbocycles. The number of para-hydroxylation sites is 2. The van der Waals surface area contributed by atoms with E-state index in [9.17, 15) is 9.59 Å². The smallest absolute Gasteiger partial charge is 0.408 e. The van der Waals surface area contributed by atoms with E-state index in [1.54, 1.807) is 6.07 Å². The first-order valence-electron chi connectivity index (χ1n) is 9.07. The number of hydrogen-bond donors (Lipinski definition) is 1. The van der Waals surface area contributed by atoms with E-state index in [0.717, 1.165) is 18.6 Å². The number of carbonyl (C=O) groups excluding carboxylic acids is 1. The second kappa shape index (κ2) is 7.44. The van der Waals surface area contributed by atoms with Crippen molar-refractivity contribution >= 4 is 17.0 Å². The molecule has 6 heteroatoms. The maximum atomic E-state index is 12.2. The lowest BCUT2D eigenvalue weighted by atomic mass is 9.98. The van der Waals surface area contributed by atoms with Gasteiger partial charge in [0.2, 0.25) is 5.91 Å². The van der Waals surface area contributed by atoms with Crippen LogP contribution in [-0.4, -0.2) is 40.5 Å². The van der Waals surface area contributed by atoms with Crippen LogP contribution in [0, 0.1) is 0 Å². The van der Waals surface area contributed by atoms with Gasteiger partial charge in [0.15, 0.2) is 5.58 Å². The molecule has 0 atom stereocenters. The number of piperidine rings is 1. The number of carbonyl (C=O) groups is 1. The summed E-state index contributed by atoms with van der Waals surface area (Å²) in [5.41, 5.74) is 1.24. The lowest BCUT2D eigenvalue weighted by Gasteiger charge is -2.41. The fourth-order valence-corrected chi connectivity index (χ4v) is 3.45. The highest BCUT2D eigenvalue weighted by molar-refractivity contribution is 5.76. The fraction of sp³-hybridized carbons (Fsp3) is 0.579. The third-order valence-electron chi connectivity index (χ3n) is 5.07. The van der Waals surface area contributed by atoms with Crippen molar-refractivity contribution < 1.29 is 9.21 Å². The number of oxazole rings is 1. The van der Waals surface area contributed by atoms with E-state index in [1.165, 1.54) is 23.8 Å². The number of rotatable bonds is 6. The van der Waals surface area contributed by atoms with Crippen molar-refractivity contribution in [3.8, 4) is 0 Å². The predicted octanol–water partition coefficient (Wildman–Crippen LogP) is 2.37. The average molecular weight is 345 g/mol. The minimum absolute atomic E-state index is 0.0396. The molecule has 6 nitrogen and oxygen atoms in total. The summed E-state index contributed by atoms with van der Waals surface area (Å²) in [5, 5.41) is 3.02. The Balaban J connectivity index is 1.54. The zero-order chi connectivity index (χ0) is 17.9. The Morgan fingerprint density at radius 3 is 2.68 bits per heavy atom. The standard InChI is InChI=1S/C19H27N3O3/c1-19(2,21-11-6-3-7-12-21)14-20-17(23)10-13-22-15-8-4-5-9-16(15)25-18(22)24/h4-5,8-9H,3,6-7,10-14H2,1-2H3,(H,20,23). The van der Waals surface area contributed by atoms with Crippen molar-refractivity contribution in [3.05, 3.63) is 34.8 Å². The van der Waals surface area contributed by atoms with Crippen LogP contribution in [0.25, 0.3) is 11.1 Å². The molecule has 0 aliphatic carbocycles. The van der Waals surface area contributed by atoms with E-state index in [1.807, 2.05) is 18.2 Å². The van der Waals surface area contributed by atoms with Crippen LogP contribution in [0.15, 0.2) is 33.5 Å². The third kappa shape index (κ3) is 4.12. The number of aryl methyl sites for hydroxylation is 1. The Hall–Kier alpha value is -2.08. The SMILES string of the molecule is CC(C)(CNC(=O)CCn1c(=O)oc2ccccc21)N1CCCCC1. The maximum absolute atomic E-state index is 12.2. The molecular weight excluding hydrogens is 318 g/mol. The molecule has 1 fully saturated rings. The molecule has 136 valence electrons. The van der Waals surface area contributed by atoms with Gasteiger partial charge in [0.1, 0.15) is 0 Å². The van der Waals surface area contributed by atoms with E-state index in [4.69, 9.17) is 4.42 Å². The van der Waals surface area contributed by atoms with Crippen LogP contribution >= 0.6 is 0 Å². The predicted molar refractivity (Wildman–Crippen MR) is 97.6 cm³/mol. The van der Waals surface area contributed by atoms with E-state index < -0.39 is 5.76 Å². The molecule has 1 aliphatic heterocycles. The zero-order valence-electron chi connectivity index (χ0n) is 15.1. The average Bonchev–Trinajstić information content (AvgIpc) is 2.94. The van der Waals surface area contributed by atoms with E-state index >= 15 is 0 Å². The van der Waals surface area contributed by atoms with Gasteiger partial charge in [-0.2, -0.15) is 0 Å². The minimum Gasteiger partial charge on any atom is -0.408 e. The summed E-state index contributed by atoms with van der Waals surface area (Å²) in [6.07, 6.45) is 4.02. The Morgan fingerprint density at radius 2 is 1.92 bits per heavy atom.